The summed E-state index contributed by atoms with van der Waals surface area (Å²) in [4.78, 5) is 0. The Bertz CT molecular complexity index is 2730. The molecule has 0 nitrogen and oxygen atoms in total. The molecular weight excluding hydrogens is 1210 g/mol. The average Bonchev–Trinajstić information content (AvgIpc) is 3.59. The maximum absolute atomic E-state index is 4.11. The molecule has 0 saturated heterocycles. The largest absolute Gasteiger partial charge is 0.0654 e. The summed E-state index contributed by atoms with van der Waals surface area (Å²) in [6, 6.07) is 34.2. The van der Waals surface area contributed by atoms with E-state index in [1.165, 1.54) is 296 Å². The van der Waals surface area contributed by atoms with Gasteiger partial charge in [0.1, 0.15) is 0 Å². The summed E-state index contributed by atoms with van der Waals surface area (Å²) in [5, 5.41) is 10.6. The number of aryl methyl sites for hydroxylation is 4. The number of halogens is 4. The first-order valence-electron chi connectivity index (χ1n) is 32.1. The molecule has 0 fully saturated rings. The van der Waals surface area contributed by atoms with Crippen molar-refractivity contribution in [3.8, 4) is 22.3 Å². The van der Waals surface area contributed by atoms with Crippen LogP contribution in [0.15, 0.2) is 103 Å². The summed E-state index contributed by atoms with van der Waals surface area (Å²) in [5.41, 5.74) is 11.1. The van der Waals surface area contributed by atoms with Gasteiger partial charge in [-0.1, -0.05) is 295 Å². The fraction of sp³-hybridized carbons (Fsp3) is 0.541. The van der Waals surface area contributed by atoms with Crippen molar-refractivity contribution in [2.75, 3.05) is 0 Å². The van der Waals surface area contributed by atoms with E-state index in [1.54, 1.807) is 22.3 Å². The molecule has 7 rings (SSSR count). The lowest BCUT2D eigenvalue weighted by Crippen LogP contribution is -1.97. The molecule has 7 aromatic rings. The molecule has 0 atom stereocenters. The molecule has 0 spiro atoms. The van der Waals surface area contributed by atoms with Crippen molar-refractivity contribution in [3.63, 3.8) is 0 Å². The van der Waals surface area contributed by atoms with Crippen molar-refractivity contribution in [1.29, 1.82) is 0 Å². The van der Waals surface area contributed by atoms with Crippen LogP contribution in [0.25, 0.3) is 65.3 Å². The van der Waals surface area contributed by atoms with Crippen molar-refractivity contribution in [3.05, 3.63) is 125 Å². The molecule has 7 aromatic carbocycles. The van der Waals surface area contributed by atoms with Gasteiger partial charge in [-0.3, -0.25) is 0 Å². The Labute approximate surface area is 508 Å². The van der Waals surface area contributed by atoms with Gasteiger partial charge in [-0.15, -0.1) is 0 Å². The van der Waals surface area contributed by atoms with Crippen LogP contribution < -0.4 is 0 Å². The van der Waals surface area contributed by atoms with Crippen molar-refractivity contribution < 1.29 is 0 Å². The van der Waals surface area contributed by atoms with Gasteiger partial charge < -0.3 is 0 Å². The van der Waals surface area contributed by atoms with E-state index in [1.807, 2.05) is 0 Å². The van der Waals surface area contributed by atoms with Gasteiger partial charge >= 0.3 is 0 Å². The smallest absolute Gasteiger partial charge is 0.0261 e. The Hall–Kier alpha value is -2.50. The van der Waals surface area contributed by atoms with Crippen LogP contribution in [0.5, 0.6) is 0 Å². The Morgan fingerprint density at radius 3 is 0.615 bits per heavy atom. The van der Waals surface area contributed by atoms with Gasteiger partial charge in [-0.2, -0.15) is 0 Å². The Morgan fingerprint density at radius 1 is 0.192 bits per heavy atom. The molecule has 0 heterocycles. The van der Waals surface area contributed by atoms with Gasteiger partial charge in [0.2, 0.25) is 0 Å². The second-order valence-corrected chi connectivity index (χ2v) is 27.1. The fourth-order valence-corrected chi connectivity index (χ4v) is 14.7. The predicted octanol–water partition coefficient (Wildman–Crippen LogP) is 27.4. The van der Waals surface area contributed by atoms with E-state index in [-0.39, 0.29) is 0 Å². The number of unbranched alkanes of at least 4 members (excludes halogenated alkanes) is 28. The van der Waals surface area contributed by atoms with E-state index in [2.05, 4.69) is 176 Å². The minimum absolute atomic E-state index is 1.08. The minimum atomic E-state index is 1.08. The molecule has 0 saturated carbocycles. The lowest BCUT2D eigenvalue weighted by Gasteiger charge is -2.16. The Morgan fingerprint density at radius 2 is 0.372 bits per heavy atom. The fourth-order valence-electron chi connectivity index (χ4n) is 12.4. The van der Waals surface area contributed by atoms with Gasteiger partial charge in [0.25, 0.3) is 0 Å². The number of rotatable bonds is 38. The van der Waals surface area contributed by atoms with E-state index < -0.39 is 0 Å². The third-order valence-electron chi connectivity index (χ3n) is 17.2. The zero-order valence-electron chi connectivity index (χ0n) is 49.1. The number of hydrogen-bond donors (Lipinski definition) is 0. The number of hydrogen-bond acceptors (Lipinski definition) is 0. The molecule has 0 aliphatic carbocycles. The second kappa shape index (κ2) is 34.8. The van der Waals surface area contributed by atoms with Crippen molar-refractivity contribution >= 4 is 107 Å². The van der Waals surface area contributed by atoms with Crippen LogP contribution in [0.3, 0.4) is 0 Å². The van der Waals surface area contributed by atoms with Crippen LogP contribution in [0, 0.1) is 0 Å². The standard InChI is InChI=1S/C74H98Br4/c1-5-9-13-17-21-25-29-33-37-55-41-59-45-63-49-67(71(75)51-65(63)47-61(59)43-57(55)39-35-31-27-23-19-15-11-7-3)69-53-74(78)70(54-73(69)77)68-50-64-46-60-42-56(38-34-30-26-22-18-14-10-6-2)58(40-36-32-28-24-20-16-12-8-4)44-62(60)48-66(64)52-72(68)76/h41-54H,5-40H2,1-4H3. The first-order chi connectivity index (χ1) is 38.2. The summed E-state index contributed by atoms with van der Waals surface area (Å²) >= 11 is 16.4. The normalized spacial score (nSPS) is 11.9. The quantitative estimate of drug-likeness (QED) is 0.0267. The maximum atomic E-state index is 4.11. The highest BCUT2D eigenvalue weighted by Gasteiger charge is 2.18. The molecule has 422 valence electrons. The van der Waals surface area contributed by atoms with E-state index in [0.29, 0.717) is 0 Å². The molecule has 78 heavy (non-hydrogen) atoms. The summed E-state index contributed by atoms with van der Waals surface area (Å²) in [6.07, 6.45) is 48.4. The monoisotopic (exact) mass is 1300 g/mol. The highest BCUT2D eigenvalue weighted by molar-refractivity contribution is 9.11. The lowest BCUT2D eigenvalue weighted by atomic mass is 9.91. The molecule has 0 N–H and O–H groups in total. The first-order valence-corrected chi connectivity index (χ1v) is 35.3. The Balaban J connectivity index is 1.11. The van der Waals surface area contributed by atoms with Crippen molar-refractivity contribution in [2.45, 2.75) is 259 Å². The highest BCUT2D eigenvalue weighted by Crippen LogP contribution is 2.45. The summed E-state index contributed by atoms with van der Waals surface area (Å²) in [5.74, 6) is 0. The van der Waals surface area contributed by atoms with Crippen molar-refractivity contribution in [2.24, 2.45) is 0 Å². The van der Waals surface area contributed by atoms with E-state index in [9.17, 15) is 0 Å². The van der Waals surface area contributed by atoms with Crippen LogP contribution in [-0.2, 0) is 25.7 Å². The molecule has 0 aliphatic rings. The third kappa shape index (κ3) is 19.3. The topological polar surface area (TPSA) is 0 Å². The molecular formula is C74H98Br4. The van der Waals surface area contributed by atoms with E-state index >= 15 is 0 Å². The van der Waals surface area contributed by atoms with Gasteiger partial charge in [0.15, 0.2) is 0 Å². The molecule has 0 aromatic heterocycles. The van der Waals surface area contributed by atoms with E-state index in [4.69, 9.17) is 0 Å². The van der Waals surface area contributed by atoms with Gasteiger partial charge in [0, 0.05) is 17.9 Å². The SMILES string of the molecule is CCCCCCCCCCc1cc2cc3cc(Br)c(-c4cc(Br)c(-c5cc6cc7cc(CCCCCCCCCC)c(CCCCCCCCCC)cc7cc6cc5Br)cc4Br)cc3cc2cc1CCCCCCCCCC. The van der Waals surface area contributed by atoms with Crippen LogP contribution in [-0.4, -0.2) is 0 Å². The molecule has 0 amide bonds. The van der Waals surface area contributed by atoms with Crippen LogP contribution in [0.1, 0.15) is 255 Å². The molecule has 0 unspecified atom stereocenters. The summed E-state index contributed by atoms with van der Waals surface area (Å²) in [6.45, 7) is 9.26. The average molecular weight is 1310 g/mol. The van der Waals surface area contributed by atoms with Crippen molar-refractivity contribution in [1.82, 2.24) is 0 Å². The zero-order valence-corrected chi connectivity index (χ0v) is 55.4. The minimum Gasteiger partial charge on any atom is -0.0654 e. The third-order valence-corrected chi connectivity index (χ3v) is 19.9. The summed E-state index contributed by atoms with van der Waals surface area (Å²) in [7, 11) is 0. The van der Waals surface area contributed by atoms with E-state index in [0.717, 1.165) is 17.9 Å². The first kappa shape index (κ1) is 63.1. The number of fused-ring (bicyclic) bond motifs is 4. The van der Waals surface area contributed by atoms with Gasteiger partial charge in [0.05, 0.1) is 0 Å². The molecule has 4 heteroatoms. The lowest BCUT2D eigenvalue weighted by molar-refractivity contribution is 0.571. The Kier molecular flexibility index (Phi) is 28.2. The number of benzene rings is 7. The zero-order chi connectivity index (χ0) is 54.9. The predicted molar refractivity (Wildman–Crippen MR) is 363 cm³/mol. The van der Waals surface area contributed by atoms with Gasteiger partial charge in [-0.05, 0) is 200 Å². The van der Waals surface area contributed by atoms with Crippen LogP contribution in [0.4, 0.5) is 0 Å². The van der Waals surface area contributed by atoms with Crippen LogP contribution in [0.2, 0.25) is 0 Å². The highest BCUT2D eigenvalue weighted by atomic mass is 79.9. The second-order valence-electron chi connectivity index (χ2n) is 23.7. The van der Waals surface area contributed by atoms with Crippen LogP contribution >= 0.6 is 63.7 Å². The maximum Gasteiger partial charge on any atom is 0.0261 e. The summed E-state index contributed by atoms with van der Waals surface area (Å²) < 4.78 is 4.39. The molecule has 0 bridgehead atoms. The molecule has 0 aliphatic heterocycles. The molecule has 0 radical (unpaired) electrons. The van der Waals surface area contributed by atoms with Gasteiger partial charge in [-0.25, -0.2) is 0 Å².